The van der Waals surface area contributed by atoms with Gasteiger partial charge in [-0.15, -0.1) is 0 Å². The molecule has 0 saturated heterocycles. The molecule has 2 aromatic heterocycles. The lowest BCUT2D eigenvalue weighted by molar-refractivity contribution is -0.598. The molecule has 0 aliphatic heterocycles. The number of nitrogens with zero attached hydrogens (tertiary/aromatic N) is 1. The van der Waals surface area contributed by atoms with Crippen LogP contribution in [0.15, 0.2) is 76.2 Å². The Morgan fingerprint density at radius 3 is 2.32 bits per heavy atom. The summed E-state index contributed by atoms with van der Waals surface area (Å²) in [6.07, 6.45) is 3.39. The van der Waals surface area contributed by atoms with Crippen molar-refractivity contribution in [2.75, 3.05) is 0 Å². The summed E-state index contributed by atoms with van der Waals surface area (Å²) in [6.45, 7) is 0. The normalized spacial score (nSPS) is 11.1. The molecule has 0 radical (unpaired) electrons. The number of aromatic hydroxyl groups is 1. The van der Waals surface area contributed by atoms with Crippen LogP contribution in [-0.4, -0.2) is 5.11 Å². The summed E-state index contributed by atoms with van der Waals surface area (Å²) in [6, 6.07) is 16.7. The Kier molecular flexibility index (Phi) is 2.69. The van der Waals surface area contributed by atoms with Crippen LogP contribution in [0.3, 0.4) is 0 Å². The highest BCUT2D eigenvalue weighted by atomic mass is 16.4. The summed E-state index contributed by atoms with van der Waals surface area (Å²) in [5, 5.41) is 13.0. The summed E-state index contributed by atoms with van der Waals surface area (Å²) < 4.78 is 6.95. The van der Waals surface area contributed by atoms with Crippen LogP contribution in [0.25, 0.3) is 27.4 Å². The number of aromatic nitrogens is 1. The zero-order chi connectivity index (χ0) is 15.1. The molecule has 0 spiro atoms. The van der Waals surface area contributed by atoms with Crippen LogP contribution in [0.2, 0.25) is 0 Å². The second-order valence-electron chi connectivity index (χ2n) is 5.07. The van der Waals surface area contributed by atoms with Gasteiger partial charge in [-0.3, -0.25) is 0 Å². The Balaban J connectivity index is 2.12. The van der Waals surface area contributed by atoms with E-state index >= 15 is 0 Å². The predicted molar refractivity (Wildman–Crippen MR) is 83.2 cm³/mol. The topological polar surface area (TPSA) is 54.3 Å². The van der Waals surface area contributed by atoms with Gasteiger partial charge in [0.2, 0.25) is 5.75 Å². The van der Waals surface area contributed by atoms with Crippen molar-refractivity contribution in [3.63, 3.8) is 0 Å². The number of rotatable bonds is 1. The minimum absolute atomic E-state index is 0.0757. The van der Waals surface area contributed by atoms with Crippen LogP contribution in [-0.2, 0) is 0 Å². The maximum Gasteiger partial charge on any atom is 0.413 e. The first kappa shape index (κ1) is 12.6. The second kappa shape index (κ2) is 4.70. The van der Waals surface area contributed by atoms with Gasteiger partial charge in [-0.25, -0.2) is 4.79 Å². The van der Waals surface area contributed by atoms with E-state index < -0.39 is 5.63 Å². The van der Waals surface area contributed by atoms with E-state index in [2.05, 4.69) is 0 Å². The third-order valence-corrected chi connectivity index (χ3v) is 3.70. The number of fused-ring (bicyclic) bond motifs is 2. The molecule has 2 aromatic carbocycles. The fourth-order valence-corrected chi connectivity index (χ4v) is 2.64. The van der Waals surface area contributed by atoms with E-state index in [1.807, 2.05) is 36.4 Å². The molecule has 106 valence electrons. The van der Waals surface area contributed by atoms with E-state index in [-0.39, 0.29) is 11.4 Å². The Labute approximate surface area is 125 Å². The molecular weight excluding hydrogens is 278 g/mol. The van der Waals surface area contributed by atoms with E-state index in [4.69, 9.17) is 4.42 Å². The number of pyridine rings is 1. The smallest absolute Gasteiger partial charge is 0.413 e. The van der Waals surface area contributed by atoms with Gasteiger partial charge in [0.15, 0.2) is 12.4 Å². The molecule has 0 bridgehead atoms. The van der Waals surface area contributed by atoms with E-state index in [1.54, 1.807) is 35.2 Å². The largest absolute Gasteiger partial charge is 0.502 e. The summed E-state index contributed by atoms with van der Waals surface area (Å²) in [7, 11) is 0. The van der Waals surface area contributed by atoms with E-state index in [9.17, 15) is 9.90 Å². The molecule has 0 aliphatic carbocycles. The fourth-order valence-electron chi connectivity index (χ4n) is 2.64. The maximum atomic E-state index is 12.2. The highest BCUT2D eigenvalue weighted by molar-refractivity contribution is 5.98. The van der Waals surface area contributed by atoms with E-state index in [1.165, 1.54) is 0 Å². The summed E-state index contributed by atoms with van der Waals surface area (Å²) >= 11 is 0. The fraction of sp³-hybridized carbons (Fsp3) is 0. The minimum Gasteiger partial charge on any atom is -0.502 e. The zero-order valence-corrected chi connectivity index (χ0v) is 11.6. The summed E-state index contributed by atoms with van der Waals surface area (Å²) in [4.78, 5) is 12.2. The first-order valence-corrected chi connectivity index (χ1v) is 6.89. The van der Waals surface area contributed by atoms with Crippen LogP contribution in [0.1, 0.15) is 0 Å². The lowest BCUT2D eigenvalue weighted by atomic mass is 10.1. The van der Waals surface area contributed by atoms with E-state index in [0.29, 0.717) is 11.0 Å². The van der Waals surface area contributed by atoms with Crippen molar-refractivity contribution in [3.8, 4) is 11.4 Å². The van der Waals surface area contributed by atoms with Gasteiger partial charge in [-0.2, -0.15) is 4.57 Å². The van der Waals surface area contributed by atoms with Crippen LogP contribution >= 0.6 is 0 Å². The van der Waals surface area contributed by atoms with Crippen LogP contribution in [0.5, 0.6) is 5.75 Å². The van der Waals surface area contributed by atoms with Crippen LogP contribution in [0.4, 0.5) is 0 Å². The van der Waals surface area contributed by atoms with Crippen molar-refractivity contribution in [1.29, 1.82) is 0 Å². The average molecular weight is 290 g/mol. The number of hydrogen-bond donors (Lipinski definition) is 1. The van der Waals surface area contributed by atoms with Crippen molar-refractivity contribution < 1.29 is 14.1 Å². The van der Waals surface area contributed by atoms with Gasteiger partial charge in [0.1, 0.15) is 5.58 Å². The third kappa shape index (κ3) is 1.85. The molecule has 22 heavy (non-hydrogen) atoms. The first-order chi connectivity index (χ1) is 10.7. The Bertz CT molecular complexity index is 1050. The third-order valence-electron chi connectivity index (χ3n) is 3.70. The minimum atomic E-state index is -0.573. The lowest BCUT2D eigenvalue weighted by Crippen LogP contribution is -2.35. The van der Waals surface area contributed by atoms with Gasteiger partial charge in [-0.05, 0) is 22.9 Å². The molecule has 1 N–H and O–H groups in total. The maximum absolute atomic E-state index is 12.2. The molecule has 0 aliphatic rings. The molecule has 4 aromatic rings. The molecule has 4 heteroatoms. The highest BCUT2D eigenvalue weighted by Crippen LogP contribution is 2.30. The Morgan fingerprint density at radius 1 is 0.909 bits per heavy atom. The standard InChI is InChI=1S/C18H11NO3/c20-17-14-10-12-6-2-3-7-13(12)11-15(14)22-18(21)16(17)19-8-4-1-5-9-19/h1-11H/p+1. The van der Waals surface area contributed by atoms with Gasteiger partial charge >= 0.3 is 11.3 Å². The molecular formula is C18H12NO3+. The molecule has 0 atom stereocenters. The molecule has 0 unspecified atom stereocenters. The van der Waals surface area contributed by atoms with Gasteiger partial charge in [0.25, 0.3) is 0 Å². The van der Waals surface area contributed by atoms with Crippen molar-refractivity contribution in [2.45, 2.75) is 0 Å². The molecule has 0 fully saturated rings. The van der Waals surface area contributed by atoms with Crippen molar-refractivity contribution >= 4 is 21.7 Å². The van der Waals surface area contributed by atoms with Gasteiger partial charge in [0.05, 0.1) is 5.39 Å². The van der Waals surface area contributed by atoms with Gasteiger partial charge in [-0.1, -0.05) is 30.3 Å². The van der Waals surface area contributed by atoms with Gasteiger partial charge < -0.3 is 9.52 Å². The van der Waals surface area contributed by atoms with Crippen molar-refractivity contribution in [1.82, 2.24) is 0 Å². The van der Waals surface area contributed by atoms with Gasteiger partial charge in [0, 0.05) is 12.1 Å². The SMILES string of the molecule is O=c1oc2cc3ccccc3cc2c(O)c1-[n+]1ccccc1. The Morgan fingerprint density at radius 2 is 1.59 bits per heavy atom. The quantitative estimate of drug-likeness (QED) is 0.333. The molecule has 2 heterocycles. The molecule has 0 amide bonds. The van der Waals surface area contributed by atoms with Crippen LogP contribution < -0.4 is 10.2 Å². The lowest BCUT2D eigenvalue weighted by Gasteiger charge is -2.04. The summed E-state index contributed by atoms with van der Waals surface area (Å²) in [5.41, 5.74) is -0.0821. The van der Waals surface area contributed by atoms with E-state index in [0.717, 1.165) is 10.8 Å². The summed E-state index contributed by atoms with van der Waals surface area (Å²) in [5.74, 6) is -0.0757. The monoisotopic (exact) mass is 290 g/mol. The molecule has 4 nitrogen and oxygen atoms in total. The van der Waals surface area contributed by atoms with Crippen molar-refractivity contribution in [3.05, 3.63) is 77.4 Å². The second-order valence-corrected chi connectivity index (χ2v) is 5.07. The first-order valence-electron chi connectivity index (χ1n) is 6.89. The number of hydrogen-bond acceptors (Lipinski definition) is 3. The number of benzene rings is 2. The average Bonchev–Trinajstić information content (AvgIpc) is 2.54. The Hall–Kier alpha value is -3.14. The highest BCUT2D eigenvalue weighted by Gasteiger charge is 2.22. The predicted octanol–water partition coefficient (Wildman–Crippen LogP) is 2.93. The van der Waals surface area contributed by atoms with Crippen LogP contribution in [0, 0.1) is 0 Å². The zero-order valence-electron chi connectivity index (χ0n) is 11.6. The molecule has 4 rings (SSSR count). The van der Waals surface area contributed by atoms with Crippen molar-refractivity contribution in [2.24, 2.45) is 0 Å². The molecule has 0 saturated carbocycles.